The van der Waals surface area contributed by atoms with Crippen LogP contribution >= 0.6 is 0 Å². The highest BCUT2D eigenvalue weighted by atomic mass is 16.5. The van der Waals surface area contributed by atoms with Crippen LogP contribution in [0.4, 0.5) is 5.69 Å². The summed E-state index contributed by atoms with van der Waals surface area (Å²) in [5, 5.41) is 6.56. The van der Waals surface area contributed by atoms with Gasteiger partial charge in [0, 0.05) is 5.69 Å². The van der Waals surface area contributed by atoms with E-state index in [9.17, 15) is 4.79 Å². The monoisotopic (exact) mass is 272 g/mol. The second kappa shape index (κ2) is 5.05. The zero-order chi connectivity index (χ0) is 14.0. The molecule has 0 unspecified atom stereocenters. The first-order valence-electron chi connectivity index (χ1n) is 6.67. The Morgan fingerprint density at radius 1 is 1.25 bits per heavy atom. The van der Waals surface area contributed by atoms with Crippen molar-refractivity contribution in [2.75, 3.05) is 5.32 Å². The highest BCUT2D eigenvalue weighted by molar-refractivity contribution is 6.00. The van der Waals surface area contributed by atoms with E-state index in [1.807, 2.05) is 18.2 Å². The first-order chi connectivity index (χ1) is 9.67. The van der Waals surface area contributed by atoms with E-state index in [-0.39, 0.29) is 5.89 Å². The van der Waals surface area contributed by atoms with Gasteiger partial charge >= 0.3 is 11.8 Å². The van der Waals surface area contributed by atoms with Gasteiger partial charge in [-0.2, -0.15) is 4.98 Å². The smallest absolute Gasteiger partial charge is 0.316 e. The number of rotatable bonds is 3. The predicted molar refractivity (Wildman–Crippen MR) is 73.0 cm³/mol. The van der Waals surface area contributed by atoms with E-state index in [1.165, 1.54) is 0 Å². The maximum absolute atomic E-state index is 12.0. The molecule has 1 aliphatic rings. The molecule has 0 bridgehead atoms. The van der Waals surface area contributed by atoms with Gasteiger partial charge in [-0.05, 0) is 25.0 Å². The lowest BCUT2D eigenvalue weighted by molar-refractivity contribution is 0.0981. The van der Waals surface area contributed by atoms with Gasteiger partial charge in [0.05, 0.1) is 5.54 Å². The fourth-order valence-electron chi connectivity index (χ4n) is 2.45. The Bertz CT molecular complexity index is 603. The molecule has 2 aromatic rings. The van der Waals surface area contributed by atoms with Crippen LogP contribution in [0.3, 0.4) is 0 Å². The van der Waals surface area contributed by atoms with E-state index >= 15 is 0 Å². The summed E-state index contributed by atoms with van der Waals surface area (Å²) in [4.78, 5) is 16.1. The van der Waals surface area contributed by atoms with Crippen molar-refractivity contribution < 1.29 is 9.32 Å². The van der Waals surface area contributed by atoms with Crippen molar-refractivity contribution in [3.05, 3.63) is 42.0 Å². The van der Waals surface area contributed by atoms with Crippen molar-refractivity contribution in [3.8, 4) is 0 Å². The van der Waals surface area contributed by atoms with Gasteiger partial charge in [-0.3, -0.25) is 4.79 Å². The van der Waals surface area contributed by atoms with Gasteiger partial charge in [0.1, 0.15) is 0 Å². The normalized spacial score (nSPS) is 17.1. The number of carbonyl (C=O) groups is 1. The van der Waals surface area contributed by atoms with Crippen LogP contribution < -0.4 is 11.1 Å². The lowest BCUT2D eigenvalue weighted by Gasteiger charge is -2.17. The van der Waals surface area contributed by atoms with Crippen LogP contribution in [0.2, 0.25) is 0 Å². The third-order valence-corrected chi connectivity index (χ3v) is 3.59. The van der Waals surface area contributed by atoms with E-state index < -0.39 is 11.4 Å². The molecule has 0 spiro atoms. The van der Waals surface area contributed by atoms with Crippen molar-refractivity contribution in [2.24, 2.45) is 5.73 Å². The number of amides is 1. The van der Waals surface area contributed by atoms with Gasteiger partial charge in [-0.25, -0.2) is 0 Å². The number of anilines is 1. The molecule has 104 valence electrons. The summed E-state index contributed by atoms with van der Waals surface area (Å²) < 4.78 is 5.02. The molecule has 6 heteroatoms. The van der Waals surface area contributed by atoms with Crippen LogP contribution in [0.15, 0.2) is 34.9 Å². The summed E-state index contributed by atoms with van der Waals surface area (Å²) in [6.45, 7) is 0. The molecule has 3 rings (SSSR count). The third-order valence-electron chi connectivity index (χ3n) is 3.59. The van der Waals surface area contributed by atoms with Crippen molar-refractivity contribution in [2.45, 2.75) is 31.2 Å². The second-order valence-electron chi connectivity index (χ2n) is 5.11. The highest BCUT2D eigenvalue weighted by Gasteiger charge is 2.36. The zero-order valence-electron chi connectivity index (χ0n) is 11.0. The average Bonchev–Trinajstić information content (AvgIpc) is 3.09. The first kappa shape index (κ1) is 12.8. The molecule has 1 fully saturated rings. The quantitative estimate of drug-likeness (QED) is 0.891. The van der Waals surface area contributed by atoms with E-state index in [2.05, 4.69) is 15.5 Å². The Morgan fingerprint density at radius 2 is 1.95 bits per heavy atom. The number of hydrogen-bond acceptors (Lipinski definition) is 5. The number of benzene rings is 1. The van der Waals surface area contributed by atoms with Gasteiger partial charge in [-0.15, -0.1) is 0 Å². The van der Waals surface area contributed by atoms with Crippen LogP contribution in [0, 0.1) is 0 Å². The molecule has 0 atom stereocenters. The summed E-state index contributed by atoms with van der Waals surface area (Å²) in [6.07, 6.45) is 3.76. The Balaban J connectivity index is 1.75. The lowest BCUT2D eigenvalue weighted by Crippen LogP contribution is -2.34. The van der Waals surface area contributed by atoms with E-state index in [1.54, 1.807) is 12.1 Å². The van der Waals surface area contributed by atoms with E-state index in [0.717, 1.165) is 25.7 Å². The fourth-order valence-corrected chi connectivity index (χ4v) is 2.45. The molecule has 0 aliphatic heterocycles. The van der Waals surface area contributed by atoms with E-state index in [0.29, 0.717) is 11.5 Å². The standard InChI is InChI=1S/C14H16N4O2/c15-14(8-4-5-9-14)13-17-12(20-18-13)11(19)16-10-6-2-1-3-7-10/h1-3,6-7H,4-5,8-9,15H2,(H,16,19). The molecule has 1 saturated carbocycles. The number of aromatic nitrogens is 2. The van der Waals surface area contributed by atoms with Gasteiger partial charge in [0.2, 0.25) is 0 Å². The molecule has 1 aliphatic carbocycles. The van der Waals surface area contributed by atoms with Crippen molar-refractivity contribution in [3.63, 3.8) is 0 Å². The molecule has 6 nitrogen and oxygen atoms in total. The average molecular weight is 272 g/mol. The molecule has 1 aromatic carbocycles. The summed E-state index contributed by atoms with van der Waals surface area (Å²) in [5.41, 5.74) is 6.36. The van der Waals surface area contributed by atoms with Gasteiger partial charge < -0.3 is 15.6 Å². The van der Waals surface area contributed by atoms with Crippen LogP contribution in [0.1, 0.15) is 42.2 Å². The number of nitrogens with zero attached hydrogens (tertiary/aromatic N) is 2. The lowest BCUT2D eigenvalue weighted by atomic mass is 9.99. The van der Waals surface area contributed by atoms with Crippen molar-refractivity contribution >= 4 is 11.6 Å². The fraction of sp³-hybridized carbons (Fsp3) is 0.357. The Labute approximate surface area is 116 Å². The van der Waals surface area contributed by atoms with Crippen molar-refractivity contribution in [1.29, 1.82) is 0 Å². The summed E-state index contributed by atoms with van der Waals surface area (Å²) in [5.74, 6) is -0.0506. The predicted octanol–water partition coefficient (Wildman–Crippen LogP) is 2.05. The van der Waals surface area contributed by atoms with Crippen LogP contribution in [-0.4, -0.2) is 16.0 Å². The molecule has 1 amide bonds. The molecule has 0 radical (unpaired) electrons. The summed E-state index contributed by atoms with van der Waals surface area (Å²) >= 11 is 0. The van der Waals surface area contributed by atoms with Crippen molar-refractivity contribution in [1.82, 2.24) is 10.1 Å². The number of hydrogen-bond donors (Lipinski definition) is 2. The maximum atomic E-state index is 12.0. The molecule has 0 saturated heterocycles. The largest absolute Gasteiger partial charge is 0.328 e. The molecule has 1 heterocycles. The third kappa shape index (κ3) is 2.42. The highest BCUT2D eigenvalue weighted by Crippen LogP contribution is 2.34. The van der Waals surface area contributed by atoms with Gasteiger partial charge in [0.15, 0.2) is 5.82 Å². The minimum atomic E-state index is -0.547. The summed E-state index contributed by atoms with van der Waals surface area (Å²) in [6, 6.07) is 9.12. The van der Waals surface area contributed by atoms with E-state index in [4.69, 9.17) is 10.3 Å². The Kier molecular flexibility index (Phi) is 3.23. The first-order valence-corrected chi connectivity index (χ1v) is 6.67. The molecular formula is C14H16N4O2. The van der Waals surface area contributed by atoms with Crippen LogP contribution in [-0.2, 0) is 5.54 Å². The second-order valence-corrected chi connectivity index (χ2v) is 5.11. The Hall–Kier alpha value is -2.21. The molecular weight excluding hydrogens is 256 g/mol. The molecule has 1 aromatic heterocycles. The minimum absolute atomic E-state index is 0.0550. The SMILES string of the molecule is NC1(c2noc(C(=O)Nc3ccccc3)n2)CCCC1. The number of nitrogens with two attached hydrogens (primary N) is 1. The van der Waals surface area contributed by atoms with Crippen LogP contribution in [0.25, 0.3) is 0 Å². The number of para-hydroxylation sites is 1. The van der Waals surface area contributed by atoms with Crippen LogP contribution in [0.5, 0.6) is 0 Å². The summed E-state index contributed by atoms with van der Waals surface area (Å²) in [7, 11) is 0. The number of nitrogens with one attached hydrogen (secondary N) is 1. The number of carbonyl (C=O) groups excluding carboxylic acids is 1. The zero-order valence-corrected chi connectivity index (χ0v) is 11.0. The topological polar surface area (TPSA) is 94.0 Å². The van der Waals surface area contributed by atoms with Gasteiger partial charge in [-0.1, -0.05) is 36.2 Å². The minimum Gasteiger partial charge on any atom is -0.328 e. The van der Waals surface area contributed by atoms with Gasteiger partial charge in [0.25, 0.3) is 0 Å². The maximum Gasteiger partial charge on any atom is 0.316 e. The molecule has 20 heavy (non-hydrogen) atoms. The Morgan fingerprint density at radius 3 is 2.65 bits per heavy atom. The molecule has 3 N–H and O–H groups in total.